The fourth-order valence-corrected chi connectivity index (χ4v) is 15.7. The molecule has 0 atom stereocenters. The van der Waals surface area contributed by atoms with Crippen molar-refractivity contribution in [1.82, 2.24) is 0 Å². The number of hydrogen-bond acceptors (Lipinski definition) is 6. The van der Waals surface area contributed by atoms with Gasteiger partial charge < -0.3 is 28.4 Å². The summed E-state index contributed by atoms with van der Waals surface area (Å²) >= 11 is 0. The van der Waals surface area contributed by atoms with Crippen molar-refractivity contribution in [2.24, 2.45) is 0 Å². The molecule has 96 heavy (non-hydrogen) atoms. The van der Waals surface area contributed by atoms with E-state index in [2.05, 4.69) is 337 Å². The molecule has 2 aromatic heterocycles. The molecule has 450 valence electrons. The fraction of sp³-hybridized carbons (Fsp3) is 0. The Hall–Kier alpha value is -12.5. The van der Waals surface area contributed by atoms with Gasteiger partial charge in [0.05, 0.1) is 27.8 Å². The number of fused-ring (bicyclic) bond motifs is 16. The minimum Gasteiger partial charge on any atom is -0.456 e. The molecule has 6 nitrogen and oxygen atoms in total. The zero-order valence-electron chi connectivity index (χ0n) is 52.6. The van der Waals surface area contributed by atoms with Gasteiger partial charge in [-0.05, 0) is 128 Å². The van der Waals surface area contributed by atoms with Gasteiger partial charge in [0.1, 0.15) is 22.3 Å². The highest BCUT2D eigenvalue weighted by atomic mass is 16.3. The lowest BCUT2D eigenvalue weighted by atomic mass is 9.30. The molecule has 12 aromatic carbocycles. The van der Waals surface area contributed by atoms with Crippen LogP contribution in [0.25, 0.3) is 60.6 Å². The van der Waals surface area contributed by atoms with Gasteiger partial charge in [-0.25, -0.2) is 0 Å². The van der Waals surface area contributed by atoms with Crippen LogP contribution in [0.3, 0.4) is 0 Å². The van der Waals surface area contributed by atoms with Crippen molar-refractivity contribution in [2.45, 2.75) is 0 Å². The number of furan rings is 2. The zero-order chi connectivity index (χ0) is 64.0. The number of allylic oxidation sites excluding steroid dienone is 11. The summed E-state index contributed by atoms with van der Waals surface area (Å²) in [5.74, 6) is 0. The van der Waals surface area contributed by atoms with Crippen molar-refractivity contribution in [3.63, 3.8) is 0 Å². The van der Waals surface area contributed by atoms with E-state index < -0.39 is 0 Å². The molecule has 0 amide bonds. The summed E-state index contributed by atoms with van der Waals surface area (Å²) in [6.45, 7) is 12.3. The van der Waals surface area contributed by atoms with Crippen LogP contribution in [0, 0.1) is 0 Å². The van der Waals surface area contributed by atoms with E-state index in [1.807, 2.05) is 30.4 Å². The van der Waals surface area contributed by atoms with Gasteiger partial charge in [-0.1, -0.05) is 262 Å². The zero-order valence-corrected chi connectivity index (χ0v) is 52.6. The lowest BCUT2D eigenvalue weighted by Gasteiger charge is -2.48. The van der Waals surface area contributed by atoms with Crippen LogP contribution in [-0.4, -0.2) is 13.4 Å². The van der Waals surface area contributed by atoms with Gasteiger partial charge in [-0.15, -0.1) is 0 Å². The first kappa shape index (κ1) is 56.3. The smallest absolute Gasteiger partial charge is 0.252 e. The molecule has 0 N–H and O–H groups in total. The van der Waals surface area contributed by atoms with Crippen LogP contribution in [0.5, 0.6) is 0 Å². The summed E-state index contributed by atoms with van der Waals surface area (Å²) in [6, 6.07) is 97.1. The first-order valence-corrected chi connectivity index (χ1v) is 32.7. The summed E-state index contributed by atoms with van der Waals surface area (Å²) in [5.41, 5.74) is 27.9. The van der Waals surface area contributed by atoms with Gasteiger partial charge in [-0.2, -0.15) is 0 Å². The normalized spacial score (nSPS) is 13.9. The number of hydrogen-bond donors (Lipinski definition) is 0. The molecule has 4 aliphatic rings. The predicted octanol–water partition coefficient (Wildman–Crippen LogP) is 19.6. The molecule has 18 rings (SSSR count). The van der Waals surface area contributed by atoms with E-state index in [9.17, 15) is 0 Å². The molecular formula is C88H60B2N4O2. The molecule has 0 saturated heterocycles. The molecule has 0 aliphatic carbocycles. The Labute approximate surface area is 558 Å². The van der Waals surface area contributed by atoms with Gasteiger partial charge in [-0.3, -0.25) is 0 Å². The maximum absolute atomic E-state index is 7.28. The molecule has 0 saturated carbocycles. The summed E-state index contributed by atoms with van der Waals surface area (Å²) in [5, 5.41) is 4.24. The maximum atomic E-state index is 7.28. The van der Waals surface area contributed by atoms with Crippen molar-refractivity contribution in [1.29, 1.82) is 0 Å². The quantitative estimate of drug-likeness (QED) is 0.0846. The van der Waals surface area contributed by atoms with Crippen molar-refractivity contribution in [3.05, 3.63) is 364 Å². The predicted molar refractivity (Wildman–Crippen MR) is 408 cm³/mol. The molecule has 6 heterocycles. The average molecular weight is 1230 g/mol. The van der Waals surface area contributed by atoms with Crippen molar-refractivity contribution in [2.75, 3.05) is 19.6 Å². The fourth-order valence-electron chi connectivity index (χ4n) is 15.7. The van der Waals surface area contributed by atoms with E-state index in [1.165, 1.54) is 21.9 Å². The largest absolute Gasteiger partial charge is 0.456 e. The van der Waals surface area contributed by atoms with Crippen LogP contribution in [-0.2, 0) is 0 Å². The highest BCUT2D eigenvalue weighted by molar-refractivity contribution is 7.03. The number of para-hydroxylation sites is 7. The average Bonchev–Trinajstić information content (AvgIpc) is 1.08. The highest BCUT2D eigenvalue weighted by Crippen LogP contribution is 2.54. The third-order valence-electron chi connectivity index (χ3n) is 19.5. The van der Waals surface area contributed by atoms with Crippen molar-refractivity contribution < 1.29 is 8.83 Å². The Balaban J connectivity index is 1.04. The van der Waals surface area contributed by atoms with Crippen LogP contribution < -0.4 is 52.4 Å². The molecule has 0 unspecified atom stereocenters. The van der Waals surface area contributed by atoms with Gasteiger partial charge >= 0.3 is 0 Å². The minimum atomic E-state index is -0.306. The first-order chi connectivity index (χ1) is 47.6. The number of benzene rings is 12. The Bertz CT molecular complexity index is 5700. The van der Waals surface area contributed by atoms with Crippen LogP contribution in [0.4, 0.5) is 62.6 Å². The molecule has 0 bridgehead atoms. The Morgan fingerprint density at radius 1 is 0.344 bits per heavy atom. The van der Waals surface area contributed by atoms with Gasteiger partial charge in [0, 0.05) is 79.7 Å². The van der Waals surface area contributed by atoms with Crippen molar-refractivity contribution in [3.8, 4) is 11.1 Å². The summed E-state index contributed by atoms with van der Waals surface area (Å²) in [7, 11) is 0. The summed E-state index contributed by atoms with van der Waals surface area (Å²) in [4.78, 5) is 10.1. The van der Waals surface area contributed by atoms with E-state index >= 15 is 0 Å². The molecule has 0 spiro atoms. The van der Waals surface area contributed by atoms with Gasteiger partial charge in [0.25, 0.3) is 13.4 Å². The van der Waals surface area contributed by atoms with Crippen LogP contribution >= 0.6 is 0 Å². The molecule has 14 aromatic rings. The lowest BCUT2D eigenvalue weighted by Crippen LogP contribution is -2.65. The monoisotopic (exact) mass is 1230 g/mol. The van der Waals surface area contributed by atoms with E-state index in [-0.39, 0.29) is 13.4 Å². The molecule has 0 fully saturated rings. The van der Waals surface area contributed by atoms with Gasteiger partial charge in [0.2, 0.25) is 0 Å². The van der Waals surface area contributed by atoms with Crippen LogP contribution in [0.1, 0.15) is 5.56 Å². The number of nitrogens with zero attached hydrogens (tertiary/aromatic N) is 4. The van der Waals surface area contributed by atoms with Gasteiger partial charge in [0.15, 0.2) is 0 Å². The SMILES string of the molecule is C=C\C=C/C=C\C(=C\C=C)C(=C(/C=C\C=C)c1cccc(-c2ccccc2)c1)\N1c2cc3c(cc2B2c4ccccc4N(c4ccccc4)c4c2c1cc1oc2ccccc2c41)B1c2ccccc2N(c2ccccc2)c2c1c(cc1oc4ccccc4c21)N3c1ccccc1. The first-order valence-electron chi connectivity index (χ1n) is 32.7. The second-order valence-electron chi connectivity index (χ2n) is 24.7. The lowest BCUT2D eigenvalue weighted by molar-refractivity contribution is 0.668. The molecule has 8 heteroatoms. The number of rotatable bonds is 13. The Morgan fingerprint density at radius 3 is 1.43 bits per heavy atom. The second-order valence-corrected chi connectivity index (χ2v) is 24.7. The summed E-state index contributed by atoms with van der Waals surface area (Å²) < 4.78 is 14.4. The Morgan fingerprint density at radius 2 is 0.844 bits per heavy atom. The van der Waals surface area contributed by atoms with Crippen LogP contribution in [0.15, 0.2) is 368 Å². The topological polar surface area (TPSA) is 39.2 Å². The standard InChI is InChI=1S/C88H60B2N4O2/c1-4-7-9-14-35-59(32-6-3)86(65(44-8-5-2)61-37-31-36-60(53-61)58-33-15-10-16-34-58)94-75-55-74-70(54-71(75)90-69-48-26-28-50-73(69)93(64-42-21-13-22-43-64)88-83-67-46-24-30-52-79(67)96-81(83)57-77(94)85(88)90)89-68-47-25-27-49-72(68)92(63-40-19-12-20-41-63)87-82-66-45-23-29-51-78(66)95-80(82)56-76(84(87)89)91(74)62-38-17-11-18-39-62/h4-57H,1-3H2/b9-7-,35-14-,44-8-,59-32-,86-65-. The van der Waals surface area contributed by atoms with Crippen molar-refractivity contribution >= 4 is 158 Å². The van der Waals surface area contributed by atoms with E-state index in [1.54, 1.807) is 0 Å². The van der Waals surface area contributed by atoms with E-state index in [4.69, 9.17) is 8.83 Å². The highest BCUT2D eigenvalue weighted by Gasteiger charge is 2.50. The maximum Gasteiger partial charge on any atom is 0.252 e. The molecule has 0 radical (unpaired) electrons. The number of anilines is 11. The minimum absolute atomic E-state index is 0.253. The third kappa shape index (κ3) is 8.69. The molecule has 4 aliphatic heterocycles. The van der Waals surface area contributed by atoms with E-state index in [0.717, 1.165) is 151 Å². The Kier molecular flexibility index (Phi) is 13.5. The second kappa shape index (κ2) is 23.0. The third-order valence-corrected chi connectivity index (χ3v) is 19.5. The molecular weight excluding hydrogens is 1170 g/mol. The van der Waals surface area contributed by atoms with Crippen LogP contribution in [0.2, 0.25) is 0 Å². The summed E-state index contributed by atoms with van der Waals surface area (Å²) in [6.07, 6.45) is 20.3. The van der Waals surface area contributed by atoms with E-state index in [0.29, 0.717) is 0 Å².